The fourth-order valence-corrected chi connectivity index (χ4v) is 6.31. The van der Waals surface area contributed by atoms with Crippen molar-refractivity contribution in [3.63, 3.8) is 0 Å². The summed E-state index contributed by atoms with van der Waals surface area (Å²) in [6, 6.07) is 0. The first kappa shape index (κ1) is 11.7. The zero-order chi connectivity index (χ0) is 12.2. The predicted molar refractivity (Wildman–Crippen MR) is 72.3 cm³/mol. The molecule has 0 spiro atoms. The van der Waals surface area contributed by atoms with Crippen molar-refractivity contribution in [3.05, 3.63) is 0 Å². The van der Waals surface area contributed by atoms with E-state index in [1.165, 1.54) is 38.5 Å². The SMILES string of the molecule is OC1(CC23CC4CC(CC(C4)C2)C3)CCCNC1. The maximum Gasteiger partial charge on any atom is 0.0777 e. The highest BCUT2D eigenvalue weighted by Crippen LogP contribution is 2.62. The topological polar surface area (TPSA) is 32.3 Å². The van der Waals surface area contributed by atoms with Crippen molar-refractivity contribution in [2.24, 2.45) is 23.2 Å². The van der Waals surface area contributed by atoms with Crippen LogP contribution in [0.3, 0.4) is 0 Å². The molecule has 0 aromatic carbocycles. The molecule has 0 aromatic heterocycles. The van der Waals surface area contributed by atoms with Crippen LogP contribution in [0.2, 0.25) is 0 Å². The van der Waals surface area contributed by atoms with Crippen LogP contribution in [0.25, 0.3) is 0 Å². The van der Waals surface area contributed by atoms with Gasteiger partial charge in [-0.15, -0.1) is 0 Å². The molecule has 0 amide bonds. The van der Waals surface area contributed by atoms with Crippen LogP contribution in [0.1, 0.15) is 57.8 Å². The van der Waals surface area contributed by atoms with Crippen LogP contribution in [0.4, 0.5) is 0 Å². The molecule has 5 fully saturated rings. The van der Waals surface area contributed by atoms with Gasteiger partial charge in [0, 0.05) is 6.54 Å². The largest absolute Gasteiger partial charge is 0.389 e. The highest BCUT2D eigenvalue weighted by Gasteiger charge is 2.53. The lowest BCUT2D eigenvalue weighted by molar-refractivity contribution is -0.109. The molecule has 1 aliphatic heterocycles. The molecule has 18 heavy (non-hydrogen) atoms. The highest BCUT2D eigenvalue weighted by molar-refractivity contribution is 5.04. The molecule has 0 aromatic rings. The summed E-state index contributed by atoms with van der Waals surface area (Å²) in [7, 11) is 0. The van der Waals surface area contributed by atoms with Crippen molar-refractivity contribution in [2.75, 3.05) is 13.1 Å². The Hall–Kier alpha value is -0.0800. The zero-order valence-corrected chi connectivity index (χ0v) is 11.5. The molecule has 102 valence electrons. The van der Waals surface area contributed by atoms with Crippen LogP contribution in [-0.2, 0) is 0 Å². The minimum Gasteiger partial charge on any atom is -0.389 e. The molecular weight excluding hydrogens is 222 g/mol. The van der Waals surface area contributed by atoms with Crippen molar-refractivity contribution >= 4 is 0 Å². The molecule has 4 saturated carbocycles. The van der Waals surface area contributed by atoms with Crippen LogP contribution in [0.5, 0.6) is 0 Å². The molecule has 4 bridgehead atoms. The molecule has 4 aliphatic carbocycles. The summed E-state index contributed by atoms with van der Waals surface area (Å²) in [6.07, 6.45) is 12.1. The molecular formula is C16H27NO. The minimum absolute atomic E-state index is 0.385. The molecule has 2 N–H and O–H groups in total. The van der Waals surface area contributed by atoms with E-state index in [0.29, 0.717) is 5.41 Å². The lowest BCUT2D eigenvalue weighted by Gasteiger charge is -2.58. The number of rotatable bonds is 2. The standard InChI is InChI=1S/C16H27NO/c18-16(2-1-3-17-11-16)10-15-7-12-4-13(8-15)6-14(5-12)9-15/h12-14,17-18H,1-11H2. The Morgan fingerprint density at radius 2 is 1.61 bits per heavy atom. The first-order chi connectivity index (χ1) is 8.65. The number of aliphatic hydroxyl groups is 1. The molecule has 2 nitrogen and oxygen atoms in total. The van der Waals surface area contributed by atoms with Crippen LogP contribution < -0.4 is 5.32 Å². The van der Waals surface area contributed by atoms with Crippen molar-refractivity contribution in [1.29, 1.82) is 0 Å². The monoisotopic (exact) mass is 249 g/mol. The Balaban J connectivity index is 1.53. The third-order valence-electron chi connectivity index (χ3n) is 6.32. The van der Waals surface area contributed by atoms with Gasteiger partial charge in [0.1, 0.15) is 0 Å². The van der Waals surface area contributed by atoms with Crippen molar-refractivity contribution < 1.29 is 5.11 Å². The van der Waals surface area contributed by atoms with E-state index in [-0.39, 0.29) is 5.60 Å². The van der Waals surface area contributed by atoms with E-state index < -0.39 is 0 Å². The second kappa shape index (κ2) is 3.96. The Morgan fingerprint density at radius 1 is 1.00 bits per heavy atom. The maximum atomic E-state index is 10.9. The van der Waals surface area contributed by atoms with Crippen LogP contribution in [-0.4, -0.2) is 23.8 Å². The third-order valence-corrected chi connectivity index (χ3v) is 6.32. The predicted octanol–water partition coefficient (Wildman–Crippen LogP) is 2.71. The van der Waals surface area contributed by atoms with E-state index in [1.807, 2.05) is 0 Å². The van der Waals surface area contributed by atoms with Gasteiger partial charge < -0.3 is 10.4 Å². The fourth-order valence-electron chi connectivity index (χ4n) is 6.31. The Morgan fingerprint density at radius 3 is 2.11 bits per heavy atom. The Kier molecular flexibility index (Phi) is 2.58. The first-order valence-electron chi connectivity index (χ1n) is 8.08. The number of piperidine rings is 1. The van der Waals surface area contributed by atoms with Gasteiger partial charge >= 0.3 is 0 Å². The second-order valence-corrected chi connectivity index (χ2v) is 8.10. The van der Waals surface area contributed by atoms with Gasteiger partial charge in [-0.05, 0) is 87.5 Å². The van der Waals surface area contributed by atoms with E-state index in [9.17, 15) is 5.11 Å². The van der Waals surface area contributed by atoms with Gasteiger partial charge in [0.05, 0.1) is 5.60 Å². The summed E-state index contributed by atoms with van der Waals surface area (Å²) >= 11 is 0. The van der Waals surface area contributed by atoms with Gasteiger partial charge in [-0.1, -0.05) is 0 Å². The van der Waals surface area contributed by atoms with Gasteiger partial charge in [0.2, 0.25) is 0 Å². The van der Waals surface area contributed by atoms with Crippen LogP contribution in [0.15, 0.2) is 0 Å². The average Bonchev–Trinajstić information content (AvgIpc) is 2.26. The number of hydrogen-bond donors (Lipinski definition) is 2. The van der Waals surface area contributed by atoms with E-state index in [4.69, 9.17) is 0 Å². The van der Waals surface area contributed by atoms with Crippen molar-refractivity contribution in [1.82, 2.24) is 5.32 Å². The summed E-state index contributed by atoms with van der Waals surface area (Å²) in [5, 5.41) is 14.3. The third kappa shape index (κ3) is 1.92. The van der Waals surface area contributed by atoms with Gasteiger partial charge in [-0.25, -0.2) is 0 Å². The summed E-state index contributed by atoms with van der Waals surface area (Å²) in [6.45, 7) is 1.94. The molecule has 1 heterocycles. The number of β-amino-alcohol motifs (C(OH)–C–C–N with tert-alkyl or cyclic N) is 1. The fraction of sp³-hybridized carbons (Fsp3) is 1.00. The smallest absolute Gasteiger partial charge is 0.0777 e. The summed E-state index contributed by atoms with van der Waals surface area (Å²) in [5.41, 5.74) is 0.145. The van der Waals surface area contributed by atoms with Crippen molar-refractivity contribution in [2.45, 2.75) is 63.4 Å². The van der Waals surface area contributed by atoms with E-state index >= 15 is 0 Å². The molecule has 0 radical (unpaired) electrons. The summed E-state index contributed by atoms with van der Waals surface area (Å²) in [4.78, 5) is 0. The molecule has 1 unspecified atom stereocenters. The van der Waals surface area contributed by atoms with Gasteiger partial charge in [-0.3, -0.25) is 0 Å². The number of nitrogens with one attached hydrogen (secondary N) is 1. The molecule has 1 saturated heterocycles. The summed E-state index contributed by atoms with van der Waals surface area (Å²) in [5.74, 6) is 3.03. The summed E-state index contributed by atoms with van der Waals surface area (Å²) < 4.78 is 0. The van der Waals surface area contributed by atoms with Gasteiger partial charge in [-0.2, -0.15) is 0 Å². The van der Waals surface area contributed by atoms with Crippen LogP contribution in [0, 0.1) is 23.2 Å². The van der Waals surface area contributed by atoms with E-state index in [2.05, 4.69) is 5.32 Å². The zero-order valence-electron chi connectivity index (χ0n) is 11.5. The molecule has 5 aliphatic rings. The minimum atomic E-state index is -0.385. The molecule has 1 atom stereocenters. The van der Waals surface area contributed by atoms with Gasteiger partial charge in [0.25, 0.3) is 0 Å². The van der Waals surface area contributed by atoms with Gasteiger partial charge in [0.15, 0.2) is 0 Å². The Labute approximate surface area is 111 Å². The lowest BCUT2D eigenvalue weighted by atomic mass is 9.47. The normalized spacial score (nSPS) is 54.8. The van der Waals surface area contributed by atoms with E-state index in [0.717, 1.165) is 50.1 Å². The van der Waals surface area contributed by atoms with E-state index in [1.54, 1.807) is 0 Å². The van der Waals surface area contributed by atoms with Crippen LogP contribution >= 0.6 is 0 Å². The number of hydrogen-bond acceptors (Lipinski definition) is 2. The second-order valence-electron chi connectivity index (χ2n) is 8.10. The lowest BCUT2D eigenvalue weighted by Crippen LogP contribution is -2.53. The first-order valence-corrected chi connectivity index (χ1v) is 8.08. The average molecular weight is 249 g/mol. The maximum absolute atomic E-state index is 10.9. The Bertz CT molecular complexity index is 297. The quantitative estimate of drug-likeness (QED) is 0.788. The van der Waals surface area contributed by atoms with Crippen molar-refractivity contribution in [3.8, 4) is 0 Å². The highest BCUT2D eigenvalue weighted by atomic mass is 16.3. The molecule has 5 rings (SSSR count). The molecule has 2 heteroatoms.